The van der Waals surface area contributed by atoms with Crippen LogP contribution in [-0.2, 0) is 63.7 Å². The molecule has 0 saturated heterocycles. The highest BCUT2D eigenvalue weighted by Crippen LogP contribution is 2.52. The van der Waals surface area contributed by atoms with Gasteiger partial charge >= 0.3 is 24.2 Å². The fraction of sp³-hybridized carbons (Fsp3) is 0.607. The summed E-state index contributed by atoms with van der Waals surface area (Å²) in [4.78, 5) is 114. The molecule has 2 aliphatic rings. The molecule has 8 N–H and O–H groups in total. The number of carbonyl (C=O) groups excluding carboxylic acids is 8. The number of nitrogens with zero attached hydrogens (tertiary/aromatic N) is 1. The van der Waals surface area contributed by atoms with Gasteiger partial charge in [0.2, 0.25) is 23.6 Å². The summed E-state index contributed by atoms with van der Waals surface area (Å²) in [6, 6.07) is 6.50. The predicted octanol–water partition coefficient (Wildman–Crippen LogP) is 4.55. The average molecular weight is 1150 g/mol. The van der Waals surface area contributed by atoms with Crippen LogP contribution in [0, 0.1) is 45.6 Å². The first-order valence-electron chi connectivity index (χ1n) is 27.5. The Morgan fingerprint density at radius 1 is 0.695 bits per heavy atom. The van der Waals surface area contributed by atoms with Crippen LogP contribution in [-0.4, -0.2) is 149 Å². The van der Waals surface area contributed by atoms with E-state index in [9.17, 15) is 48.5 Å². The number of ether oxygens (including phenoxy) is 8. The molecule has 1 saturated carbocycles. The Kier molecular flexibility index (Phi) is 29.4. The first-order chi connectivity index (χ1) is 39.2. The lowest BCUT2D eigenvalue weighted by molar-refractivity contribution is -0.384. The number of urea groups is 1. The molecule has 2 aromatic rings. The van der Waals surface area contributed by atoms with Gasteiger partial charge in [-0.2, -0.15) is 0 Å². The lowest BCUT2D eigenvalue weighted by Gasteiger charge is -2.27. The van der Waals surface area contributed by atoms with Crippen molar-refractivity contribution >= 4 is 59.3 Å². The number of primary amides is 1. The molecule has 7 amide bonds. The fourth-order valence-electron chi connectivity index (χ4n) is 8.50. The number of anilines is 1. The summed E-state index contributed by atoms with van der Waals surface area (Å²) >= 11 is 0. The number of alkyl carbamates (subject to hydrolysis) is 1. The number of nitro benzene ring substituents is 1. The lowest BCUT2D eigenvalue weighted by Crippen LogP contribution is -2.58. The minimum atomic E-state index is -1.29. The number of benzene rings is 2. The molecule has 2 unspecified atom stereocenters. The molecule has 0 aliphatic heterocycles. The highest BCUT2D eigenvalue weighted by Gasteiger charge is 2.49. The van der Waals surface area contributed by atoms with E-state index in [1.165, 1.54) is 36.4 Å². The number of nitrogens with one attached hydrogen (secondary N) is 6. The maximum absolute atomic E-state index is 14.0. The van der Waals surface area contributed by atoms with E-state index in [2.05, 4.69) is 43.7 Å². The van der Waals surface area contributed by atoms with Gasteiger partial charge in [0.05, 0.1) is 64.4 Å². The Hall–Kier alpha value is -7.60. The van der Waals surface area contributed by atoms with Crippen molar-refractivity contribution in [2.45, 2.75) is 123 Å². The number of fused-ring (bicyclic) bond motifs is 1. The highest BCUT2D eigenvalue weighted by molar-refractivity contribution is 5.99. The number of carbonyl (C=O) groups is 8. The van der Waals surface area contributed by atoms with Crippen molar-refractivity contribution in [1.82, 2.24) is 26.6 Å². The molecular formula is C56H80N8O18. The summed E-state index contributed by atoms with van der Waals surface area (Å²) in [5, 5.41) is 26.8. The van der Waals surface area contributed by atoms with E-state index >= 15 is 0 Å². The van der Waals surface area contributed by atoms with Gasteiger partial charge in [0.25, 0.3) is 5.69 Å². The third-order valence-electron chi connectivity index (χ3n) is 12.7. The van der Waals surface area contributed by atoms with Crippen molar-refractivity contribution in [2.75, 3.05) is 77.9 Å². The normalized spacial score (nSPS) is 16.3. The SMILES string of the molecule is CC(C)[C@H](NC(=O)[C@H](CCC(=O)OC(C)(C)C)NC(=O)CCOCCOCCOCCOCCNC(=O)OCC1C2CCC#CCCC21)C(=O)N[C@@H](CCCNC(N)=O)C(=O)Nc1ccc(COC(=O)Oc2ccc([N+](=O)[O-])cc2)cc1. The Morgan fingerprint density at radius 2 is 1.29 bits per heavy atom. The monoisotopic (exact) mass is 1150 g/mol. The standard InChI is InChI=1S/C56H80N8O18/c1-37(2)49(52(69)62-45(13-10-25-58-53(57)70)50(67)60-39-16-14-38(15-17-39)35-80-55(72)81-41-20-18-40(19-21-41)64(73)74)63-51(68)46(22-23-48(66)82-56(3,4)5)61-47(65)24-27-75-29-31-77-33-34-78-32-30-76-28-26-59-54(71)79-36-44-42-11-8-6-7-9-12-43(42)44/h14-21,37,42-46,49H,8-13,22-36H2,1-5H3,(H,59,71)(H,60,67)(H,61,65)(H,62,69)(H,63,68)(H3,57,58,70)/t42?,43?,44?,45-,46-,49-/m0/s1. The maximum Gasteiger partial charge on any atom is 0.514 e. The van der Waals surface area contributed by atoms with E-state index in [0.29, 0.717) is 68.6 Å². The molecule has 2 aliphatic carbocycles. The third kappa shape index (κ3) is 27.2. The number of nitro groups is 1. The van der Waals surface area contributed by atoms with Crippen LogP contribution < -0.4 is 42.4 Å². The van der Waals surface area contributed by atoms with Crippen LogP contribution in [0.2, 0.25) is 0 Å². The molecular weight excluding hydrogens is 1070 g/mol. The van der Waals surface area contributed by atoms with E-state index in [1.807, 2.05) is 0 Å². The molecule has 26 heteroatoms. The number of amides is 7. The van der Waals surface area contributed by atoms with Gasteiger partial charge in [-0.25, -0.2) is 14.4 Å². The molecule has 0 spiro atoms. The zero-order valence-corrected chi connectivity index (χ0v) is 47.4. The Bertz CT molecular complexity index is 2440. The molecule has 0 heterocycles. The average Bonchev–Trinajstić information content (AvgIpc) is 4.16. The van der Waals surface area contributed by atoms with Crippen LogP contribution in [0.15, 0.2) is 48.5 Å². The Labute approximate surface area is 477 Å². The van der Waals surface area contributed by atoms with Gasteiger partial charge in [-0.1, -0.05) is 26.0 Å². The second-order valence-electron chi connectivity index (χ2n) is 20.7. The summed E-state index contributed by atoms with van der Waals surface area (Å²) in [6.07, 6.45) is 2.11. The van der Waals surface area contributed by atoms with E-state index in [0.717, 1.165) is 25.7 Å². The highest BCUT2D eigenvalue weighted by atomic mass is 16.7. The zero-order valence-electron chi connectivity index (χ0n) is 47.4. The quantitative estimate of drug-likeness (QED) is 0.00935. The minimum Gasteiger partial charge on any atom is -0.460 e. The largest absolute Gasteiger partial charge is 0.514 e. The summed E-state index contributed by atoms with van der Waals surface area (Å²) in [7, 11) is 0. The van der Waals surface area contributed by atoms with Crippen molar-refractivity contribution in [1.29, 1.82) is 0 Å². The van der Waals surface area contributed by atoms with Crippen LogP contribution in [0.3, 0.4) is 0 Å². The molecule has 1 fully saturated rings. The molecule has 4 rings (SSSR count). The number of nitrogens with two attached hydrogens (primary N) is 1. The van der Waals surface area contributed by atoms with Gasteiger partial charge in [-0.15, -0.1) is 11.8 Å². The fourth-order valence-corrected chi connectivity index (χ4v) is 8.50. The number of rotatable bonds is 36. The number of esters is 1. The van der Waals surface area contributed by atoms with Crippen LogP contribution in [0.1, 0.15) is 98.0 Å². The van der Waals surface area contributed by atoms with Gasteiger partial charge in [-0.05, 0) is 106 Å². The summed E-state index contributed by atoms with van der Waals surface area (Å²) < 4.78 is 43.1. The summed E-state index contributed by atoms with van der Waals surface area (Å²) in [5.74, 6) is 4.15. The van der Waals surface area contributed by atoms with Crippen LogP contribution in [0.5, 0.6) is 5.75 Å². The van der Waals surface area contributed by atoms with Crippen molar-refractivity contribution in [3.8, 4) is 17.6 Å². The zero-order chi connectivity index (χ0) is 59.9. The van der Waals surface area contributed by atoms with Gasteiger partial charge in [0, 0.05) is 56.6 Å². The summed E-state index contributed by atoms with van der Waals surface area (Å²) in [5.41, 5.74) is 5.03. The molecule has 452 valence electrons. The van der Waals surface area contributed by atoms with Gasteiger partial charge in [0.15, 0.2) is 0 Å². The lowest BCUT2D eigenvalue weighted by atomic mass is 10.0. The van der Waals surface area contributed by atoms with Crippen LogP contribution in [0.25, 0.3) is 0 Å². The maximum atomic E-state index is 14.0. The van der Waals surface area contributed by atoms with Crippen molar-refractivity contribution in [3.05, 3.63) is 64.2 Å². The van der Waals surface area contributed by atoms with Crippen molar-refractivity contribution in [3.63, 3.8) is 0 Å². The van der Waals surface area contributed by atoms with Gasteiger partial charge in [-0.3, -0.25) is 34.1 Å². The van der Waals surface area contributed by atoms with E-state index in [1.54, 1.807) is 46.8 Å². The van der Waals surface area contributed by atoms with Crippen LogP contribution in [0.4, 0.5) is 25.8 Å². The van der Waals surface area contributed by atoms with Crippen molar-refractivity contribution in [2.24, 2.45) is 29.4 Å². The Morgan fingerprint density at radius 3 is 1.88 bits per heavy atom. The molecule has 0 aromatic heterocycles. The second kappa shape index (κ2) is 36.0. The van der Waals surface area contributed by atoms with E-state index < -0.39 is 82.4 Å². The molecule has 0 bridgehead atoms. The Balaban J connectivity index is 1.18. The second-order valence-corrected chi connectivity index (χ2v) is 20.7. The van der Waals surface area contributed by atoms with E-state index in [4.69, 9.17) is 43.6 Å². The molecule has 26 nitrogen and oxygen atoms in total. The first kappa shape index (κ1) is 66.9. The number of hydrogen-bond acceptors (Lipinski definition) is 18. The topological polar surface area (TPSA) is 352 Å². The molecule has 0 radical (unpaired) electrons. The van der Waals surface area contributed by atoms with Crippen molar-refractivity contribution < 1.29 is 81.2 Å². The smallest absolute Gasteiger partial charge is 0.460 e. The van der Waals surface area contributed by atoms with Gasteiger partial charge < -0.3 is 75.5 Å². The number of hydrogen-bond donors (Lipinski definition) is 7. The van der Waals surface area contributed by atoms with Gasteiger partial charge in [0.1, 0.15) is 36.1 Å². The minimum absolute atomic E-state index is 0.0208. The summed E-state index contributed by atoms with van der Waals surface area (Å²) in [6.45, 7) is 10.9. The predicted molar refractivity (Wildman–Crippen MR) is 295 cm³/mol. The van der Waals surface area contributed by atoms with Crippen LogP contribution >= 0.6 is 0 Å². The molecule has 2 aromatic carbocycles. The number of non-ortho nitro benzene ring substituents is 1. The third-order valence-corrected chi connectivity index (χ3v) is 12.7. The first-order valence-corrected chi connectivity index (χ1v) is 27.5. The van der Waals surface area contributed by atoms with E-state index in [-0.39, 0.29) is 83.1 Å². The molecule has 5 atom stereocenters. The molecule has 82 heavy (non-hydrogen) atoms.